The van der Waals surface area contributed by atoms with Crippen LogP contribution in [0.15, 0.2) is 114 Å². The summed E-state index contributed by atoms with van der Waals surface area (Å²) in [7, 11) is 24.7. The highest BCUT2D eigenvalue weighted by Crippen LogP contribution is 2.31. The Morgan fingerprint density at radius 3 is 1.30 bits per heavy atom. The van der Waals surface area contributed by atoms with Gasteiger partial charge < -0.3 is 4.42 Å². The SMILES string of the molecule is Bc1c(B)c(B)c(-c2c(B)c(B)c3oc4c(B)c(-c5nc(-c6ccc(-c7ccccc7)cc6)nc(-c6cccc(-c7ccccc7)c6)n5)c(B)c(B)c4c3c2B)c(B)c1B. The number of nitrogens with zero attached hydrogens (tertiary/aromatic N) is 3. The molecule has 0 N–H and O–H groups in total. The highest BCUT2D eigenvalue weighted by Gasteiger charge is 2.26. The van der Waals surface area contributed by atoms with Gasteiger partial charge in [-0.15, -0.1) is 16.4 Å². The molecule has 7 aromatic carbocycles. The molecular weight excluding hydrogens is 717 g/mol. The predicted molar refractivity (Wildman–Crippen MR) is 290 cm³/mol. The van der Waals surface area contributed by atoms with Crippen LogP contribution in [0.1, 0.15) is 0 Å². The summed E-state index contributed by atoms with van der Waals surface area (Å²) in [5.41, 5.74) is 25.8. The molecule has 274 valence electrons. The number of rotatable bonds is 6. The third kappa shape index (κ3) is 6.36. The van der Waals surface area contributed by atoms with Crippen LogP contribution in [-0.2, 0) is 0 Å². The van der Waals surface area contributed by atoms with Crippen LogP contribution in [0.4, 0.5) is 0 Å². The molecule has 2 aromatic heterocycles. The molecular formula is C45H40B11N3O. The number of hydrogen-bond donors (Lipinski definition) is 0. The van der Waals surface area contributed by atoms with Crippen molar-refractivity contribution < 1.29 is 4.42 Å². The van der Waals surface area contributed by atoms with E-state index < -0.39 is 0 Å². The summed E-state index contributed by atoms with van der Waals surface area (Å²) >= 11 is 0. The smallest absolute Gasteiger partial charge is 0.164 e. The van der Waals surface area contributed by atoms with Gasteiger partial charge in [-0.25, -0.2) is 15.0 Å². The van der Waals surface area contributed by atoms with E-state index in [1.165, 1.54) is 76.6 Å². The highest BCUT2D eigenvalue weighted by molar-refractivity contribution is 6.71. The average molecular weight is 758 g/mol. The normalized spacial score (nSPS) is 11.4. The third-order valence-corrected chi connectivity index (χ3v) is 13.6. The first-order valence-corrected chi connectivity index (χ1v) is 21.0. The Labute approximate surface area is 362 Å². The number of furan rings is 1. The number of benzene rings is 7. The molecule has 0 spiro atoms. The van der Waals surface area contributed by atoms with E-state index in [1.807, 2.05) is 12.1 Å². The minimum absolute atomic E-state index is 0.627. The fourth-order valence-corrected chi connectivity index (χ4v) is 9.45. The van der Waals surface area contributed by atoms with Crippen molar-refractivity contribution in [3.63, 3.8) is 0 Å². The summed E-state index contributed by atoms with van der Waals surface area (Å²) in [5, 5.41) is 2.37. The lowest BCUT2D eigenvalue weighted by Crippen LogP contribution is -2.56. The molecule has 9 aromatic rings. The summed E-state index contributed by atoms with van der Waals surface area (Å²) in [4.78, 5) is 15.8. The lowest BCUT2D eigenvalue weighted by molar-refractivity contribution is 0.675. The van der Waals surface area contributed by atoms with E-state index in [9.17, 15) is 0 Å². The molecule has 0 atom stereocenters. The molecule has 0 fully saturated rings. The van der Waals surface area contributed by atoms with Crippen LogP contribution < -0.4 is 60.1 Å². The molecule has 0 bridgehead atoms. The van der Waals surface area contributed by atoms with Gasteiger partial charge in [-0.2, -0.15) is 0 Å². The fourth-order valence-electron chi connectivity index (χ4n) is 9.45. The standard InChI is InChI=1S/C45H40B11N3O/c46-30-25(26-31(47)37(53)39(55)38(54)32(26)48)33(49)40(56)42-27(30)28-34(50)35(51)29(36(52)41(28)60-42)45-58-43(22-16-14-21(15-17-22)19-8-3-1-4-9-19)57-44(59-45)24-13-7-12-23(18-24)20-10-5-2-6-11-20/h1-18H,46-56H2. The minimum Gasteiger partial charge on any atom is -0.457 e. The van der Waals surface area contributed by atoms with Gasteiger partial charge in [-0.1, -0.05) is 141 Å². The summed E-state index contributed by atoms with van der Waals surface area (Å²) in [5.74, 6) is 1.89. The van der Waals surface area contributed by atoms with Crippen LogP contribution in [0.3, 0.4) is 0 Å². The summed E-state index contributed by atoms with van der Waals surface area (Å²) in [6.07, 6.45) is 0. The Hall–Kier alpha value is -5.94. The van der Waals surface area contributed by atoms with E-state index in [0.717, 1.165) is 55.5 Å². The lowest BCUT2D eigenvalue weighted by Gasteiger charge is -2.25. The maximum atomic E-state index is 7.07. The second kappa shape index (κ2) is 15.3. The second-order valence-electron chi connectivity index (χ2n) is 16.7. The van der Waals surface area contributed by atoms with Gasteiger partial charge in [0, 0.05) is 27.5 Å². The molecule has 0 unspecified atom stereocenters. The molecule has 60 heavy (non-hydrogen) atoms. The maximum absolute atomic E-state index is 7.07. The van der Waals surface area contributed by atoms with Crippen molar-refractivity contribution in [2.24, 2.45) is 0 Å². The molecule has 0 radical (unpaired) electrons. The summed E-state index contributed by atoms with van der Waals surface area (Å²) in [6.45, 7) is 0. The molecule has 0 aliphatic carbocycles. The van der Waals surface area contributed by atoms with Crippen LogP contribution in [0.5, 0.6) is 0 Å². The molecule has 0 saturated carbocycles. The van der Waals surface area contributed by atoms with Gasteiger partial charge in [-0.05, 0) is 44.9 Å². The summed E-state index contributed by atoms with van der Waals surface area (Å²) in [6, 6.07) is 37.9. The van der Waals surface area contributed by atoms with E-state index in [4.69, 9.17) is 19.4 Å². The maximum Gasteiger partial charge on any atom is 0.164 e. The van der Waals surface area contributed by atoms with Crippen molar-refractivity contribution >= 4 is 168 Å². The van der Waals surface area contributed by atoms with Gasteiger partial charge in [0.25, 0.3) is 0 Å². The Morgan fingerprint density at radius 2 is 0.683 bits per heavy atom. The molecule has 0 aliphatic rings. The molecule has 0 aliphatic heterocycles. The zero-order valence-corrected chi connectivity index (χ0v) is 36.6. The molecule has 0 amide bonds. The topological polar surface area (TPSA) is 51.8 Å². The van der Waals surface area contributed by atoms with Gasteiger partial charge in [-0.3, -0.25) is 0 Å². The minimum atomic E-state index is 0.627. The van der Waals surface area contributed by atoms with Crippen molar-refractivity contribution in [2.75, 3.05) is 0 Å². The van der Waals surface area contributed by atoms with E-state index in [1.54, 1.807) is 0 Å². The summed E-state index contributed by atoms with van der Waals surface area (Å²) < 4.78 is 7.07. The molecule has 2 heterocycles. The molecule has 4 nitrogen and oxygen atoms in total. The lowest BCUT2D eigenvalue weighted by atomic mass is 9.57. The number of fused-ring (bicyclic) bond motifs is 3. The first-order valence-electron chi connectivity index (χ1n) is 21.0. The number of aromatic nitrogens is 3. The van der Waals surface area contributed by atoms with Gasteiger partial charge in [0.05, 0.1) is 0 Å². The van der Waals surface area contributed by atoms with Gasteiger partial charge in [0.1, 0.15) is 97.5 Å². The van der Waals surface area contributed by atoms with Crippen LogP contribution in [0.2, 0.25) is 0 Å². The molecule has 9 rings (SSSR count). The van der Waals surface area contributed by atoms with E-state index >= 15 is 0 Å². The predicted octanol–water partition coefficient (Wildman–Crippen LogP) is -7.38. The van der Waals surface area contributed by atoms with Gasteiger partial charge >= 0.3 is 0 Å². The number of hydrogen-bond acceptors (Lipinski definition) is 4. The molecule has 15 heteroatoms. The molecule has 0 saturated heterocycles. The van der Waals surface area contributed by atoms with Crippen molar-refractivity contribution in [3.8, 4) is 67.5 Å². The average Bonchev–Trinajstić information content (AvgIpc) is 3.70. The fraction of sp³-hybridized carbons (Fsp3) is 0. The van der Waals surface area contributed by atoms with Crippen LogP contribution in [0, 0.1) is 0 Å². The monoisotopic (exact) mass is 759 g/mol. The second-order valence-corrected chi connectivity index (χ2v) is 16.7. The zero-order chi connectivity index (χ0) is 42.1. The van der Waals surface area contributed by atoms with Crippen molar-refractivity contribution in [2.45, 2.75) is 0 Å². The van der Waals surface area contributed by atoms with Crippen molar-refractivity contribution in [1.29, 1.82) is 0 Å². The first kappa shape index (κ1) is 39.5. The van der Waals surface area contributed by atoms with E-state index in [0.29, 0.717) is 17.5 Å². The highest BCUT2D eigenvalue weighted by atomic mass is 16.3. The van der Waals surface area contributed by atoms with Crippen molar-refractivity contribution in [3.05, 3.63) is 109 Å². The van der Waals surface area contributed by atoms with Crippen LogP contribution in [-0.4, -0.2) is 101 Å². The third-order valence-electron chi connectivity index (χ3n) is 13.6. The Kier molecular flexibility index (Phi) is 10.1. The first-order chi connectivity index (χ1) is 28.8. The van der Waals surface area contributed by atoms with Crippen LogP contribution in [0.25, 0.3) is 89.5 Å². The Balaban J connectivity index is 1.28. The Morgan fingerprint density at radius 1 is 0.283 bits per heavy atom. The van der Waals surface area contributed by atoms with E-state index in [-0.39, 0.29) is 0 Å². The van der Waals surface area contributed by atoms with Crippen molar-refractivity contribution in [1.82, 2.24) is 15.0 Å². The van der Waals surface area contributed by atoms with Gasteiger partial charge in [0.2, 0.25) is 0 Å². The quantitative estimate of drug-likeness (QED) is 0.159. The zero-order valence-electron chi connectivity index (χ0n) is 36.6. The Bertz CT molecular complexity index is 3180. The van der Waals surface area contributed by atoms with Gasteiger partial charge in [0.15, 0.2) is 17.5 Å². The van der Waals surface area contributed by atoms with Crippen LogP contribution >= 0.6 is 0 Å². The van der Waals surface area contributed by atoms with E-state index in [2.05, 4.69) is 183 Å². The largest absolute Gasteiger partial charge is 0.457 e.